The van der Waals surface area contributed by atoms with E-state index < -0.39 is 0 Å². The summed E-state index contributed by atoms with van der Waals surface area (Å²) in [6, 6.07) is 8.80. The maximum absolute atomic E-state index is 12.1. The fourth-order valence-electron chi connectivity index (χ4n) is 2.05. The number of amides is 1. The van der Waals surface area contributed by atoms with Gasteiger partial charge in [-0.05, 0) is 38.1 Å². The van der Waals surface area contributed by atoms with Gasteiger partial charge in [-0.1, -0.05) is 0 Å². The topological polar surface area (TPSA) is 89.9 Å². The molecular formula is C17H15N5O2. The third kappa shape index (κ3) is 3.89. The van der Waals surface area contributed by atoms with Crippen LogP contribution < -0.4 is 10.1 Å². The van der Waals surface area contributed by atoms with Crippen molar-refractivity contribution in [3.05, 3.63) is 65.9 Å². The van der Waals surface area contributed by atoms with Crippen LogP contribution in [0.4, 0.5) is 5.69 Å². The molecule has 0 unspecified atom stereocenters. The Labute approximate surface area is 138 Å². The normalized spacial score (nSPS) is 10.2. The Hall–Kier alpha value is -3.35. The zero-order chi connectivity index (χ0) is 16.9. The number of aryl methyl sites for hydroxylation is 2. The number of nitrogens with zero attached hydrogens (tertiary/aromatic N) is 4. The molecule has 0 saturated carbocycles. The molecule has 0 aliphatic rings. The molecule has 3 rings (SSSR count). The Bertz CT molecular complexity index is 830. The summed E-state index contributed by atoms with van der Waals surface area (Å²) < 4.78 is 5.52. The second-order valence-corrected chi connectivity index (χ2v) is 5.12. The smallest absolute Gasteiger partial charge is 0.323 e. The van der Waals surface area contributed by atoms with Gasteiger partial charge < -0.3 is 10.1 Å². The number of hydrogen-bond acceptors (Lipinski definition) is 6. The molecule has 1 amide bonds. The van der Waals surface area contributed by atoms with Gasteiger partial charge in [-0.15, -0.1) is 0 Å². The summed E-state index contributed by atoms with van der Waals surface area (Å²) in [5.41, 5.74) is 2.65. The van der Waals surface area contributed by atoms with Gasteiger partial charge in [-0.3, -0.25) is 9.78 Å². The molecule has 24 heavy (non-hydrogen) atoms. The molecule has 7 nitrogen and oxygen atoms in total. The molecule has 3 aromatic heterocycles. The Morgan fingerprint density at radius 2 is 1.88 bits per heavy atom. The summed E-state index contributed by atoms with van der Waals surface area (Å²) in [4.78, 5) is 28.6. The number of carbonyl (C=O) groups is 1. The van der Waals surface area contributed by atoms with Crippen LogP contribution in [0, 0.1) is 13.8 Å². The molecule has 0 radical (unpaired) electrons. The third-order valence-electron chi connectivity index (χ3n) is 3.08. The van der Waals surface area contributed by atoms with Crippen LogP contribution in [-0.2, 0) is 0 Å². The van der Waals surface area contributed by atoms with Crippen LogP contribution in [-0.4, -0.2) is 25.8 Å². The molecule has 0 spiro atoms. The van der Waals surface area contributed by atoms with E-state index >= 15 is 0 Å². The molecule has 0 aliphatic carbocycles. The van der Waals surface area contributed by atoms with Gasteiger partial charge in [0.1, 0.15) is 0 Å². The van der Waals surface area contributed by atoms with E-state index in [-0.39, 0.29) is 11.9 Å². The molecule has 0 aliphatic heterocycles. The van der Waals surface area contributed by atoms with Gasteiger partial charge >= 0.3 is 6.01 Å². The van der Waals surface area contributed by atoms with Crippen LogP contribution in [0.2, 0.25) is 0 Å². The van der Waals surface area contributed by atoms with Crippen molar-refractivity contribution in [2.45, 2.75) is 13.8 Å². The lowest BCUT2D eigenvalue weighted by atomic mass is 10.2. The highest BCUT2D eigenvalue weighted by molar-refractivity contribution is 6.03. The predicted molar refractivity (Wildman–Crippen MR) is 88.0 cm³/mol. The standard InChI is InChI=1S/C17H15N5O2/c1-11-8-12(2)21-17(20-11)24-15-6-5-13(9-19-15)16(23)22-14-4-3-7-18-10-14/h3-10H,1-2H3,(H,22,23). The van der Waals surface area contributed by atoms with Crippen LogP contribution in [0.1, 0.15) is 21.7 Å². The van der Waals surface area contributed by atoms with E-state index in [0.717, 1.165) is 11.4 Å². The number of ether oxygens (including phenoxy) is 1. The molecule has 1 N–H and O–H groups in total. The summed E-state index contributed by atoms with van der Waals surface area (Å²) >= 11 is 0. The summed E-state index contributed by atoms with van der Waals surface area (Å²) in [5.74, 6) is 0.0441. The Morgan fingerprint density at radius 1 is 1.08 bits per heavy atom. The van der Waals surface area contributed by atoms with Gasteiger partial charge in [0.2, 0.25) is 5.88 Å². The van der Waals surface area contributed by atoms with E-state index in [9.17, 15) is 4.79 Å². The molecular weight excluding hydrogens is 306 g/mol. The van der Waals surface area contributed by atoms with Crippen LogP contribution in [0.5, 0.6) is 11.9 Å². The van der Waals surface area contributed by atoms with Crippen molar-refractivity contribution in [3.63, 3.8) is 0 Å². The monoisotopic (exact) mass is 321 g/mol. The average molecular weight is 321 g/mol. The van der Waals surface area contributed by atoms with E-state index in [2.05, 4.69) is 25.3 Å². The maximum atomic E-state index is 12.1. The fraction of sp³-hybridized carbons (Fsp3) is 0.118. The highest BCUT2D eigenvalue weighted by Gasteiger charge is 2.09. The van der Waals surface area contributed by atoms with E-state index in [0.29, 0.717) is 17.1 Å². The lowest BCUT2D eigenvalue weighted by molar-refractivity contribution is 0.102. The van der Waals surface area contributed by atoms with Crippen LogP contribution in [0.3, 0.4) is 0 Å². The van der Waals surface area contributed by atoms with E-state index in [1.165, 1.54) is 6.20 Å². The highest BCUT2D eigenvalue weighted by atomic mass is 16.5. The van der Waals surface area contributed by atoms with E-state index in [1.54, 1.807) is 36.7 Å². The quantitative estimate of drug-likeness (QED) is 0.794. The van der Waals surface area contributed by atoms with Gasteiger partial charge in [-0.2, -0.15) is 0 Å². The summed E-state index contributed by atoms with van der Waals surface area (Å²) in [7, 11) is 0. The third-order valence-corrected chi connectivity index (χ3v) is 3.08. The second kappa shape index (κ2) is 6.82. The van der Waals surface area contributed by atoms with Crippen molar-refractivity contribution < 1.29 is 9.53 Å². The molecule has 0 fully saturated rings. The SMILES string of the molecule is Cc1cc(C)nc(Oc2ccc(C(=O)Nc3cccnc3)cn2)n1. The van der Waals surface area contributed by atoms with Gasteiger partial charge in [-0.25, -0.2) is 15.0 Å². The van der Waals surface area contributed by atoms with Crippen LogP contribution in [0.15, 0.2) is 48.9 Å². The molecule has 0 bridgehead atoms. The minimum atomic E-state index is -0.273. The molecule has 0 atom stereocenters. The second-order valence-electron chi connectivity index (χ2n) is 5.12. The number of aromatic nitrogens is 4. The Kier molecular flexibility index (Phi) is 4.42. The van der Waals surface area contributed by atoms with Crippen molar-refractivity contribution in [1.82, 2.24) is 19.9 Å². The van der Waals surface area contributed by atoms with Crippen molar-refractivity contribution in [2.75, 3.05) is 5.32 Å². The maximum Gasteiger partial charge on any atom is 0.323 e. The molecule has 3 aromatic rings. The molecule has 0 saturated heterocycles. The summed E-state index contributed by atoms with van der Waals surface area (Å²) in [5, 5.41) is 2.74. The van der Waals surface area contributed by atoms with Crippen LogP contribution in [0.25, 0.3) is 0 Å². The summed E-state index contributed by atoms with van der Waals surface area (Å²) in [6.07, 6.45) is 4.64. The largest absolute Gasteiger partial charge is 0.405 e. The first kappa shape index (κ1) is 15.5. The molecule has 7 heteroatoms. The van der Waals surface area contributed by atoms with Crippen molar-refractivity contribution in [1.29, 1.82) is 0 Å². The minimum absolute atomic E-state index is 0.229. The number of pyridine rings is 2. The van der Waals surface area contributed by atoms with Gasteiger partial charge in [0.05, 0.1) is 17.4 Å². The zero-order valence-corrected chi connectivity index (χ0v) is 13.2. The number of carbonyl (C=O) groups excluding carboxylic acids is 1. The van der Waals surface area contributed by atoms with Gasteiger partial charge in [0.15, 0.2) is 0 Å². The molecule has 120 valence electrons. The minimum Gasteiger partial charge on any atom is -0.405 e. The first-order valence-electron chi connectivity index (χ1n) is 7.28. The fourth-order valence-corrected chi connectivity index (χ4v) is 2.05. The van der Waals surface area contributed by atoms with Crippen molar-refractivity contribution in [3.8, 4) is 11.9 Å². The van der Waals surface area contributed by atoms with Crippen molar-refractivity contribution >= 4 is 11.6 Å². The number of nitrogens with one attached hydrogen (secondary N) is 1. The Morgan fingerprint density at radius 3 is 2.50 bits per heavy atom. The molecule has 0 aromatic carbocycles. The van der Waals surface area contributed by atoms with E-state index in [4.69, 9.17) is 4.74 Å². The lowest BCUT2D eigenvalue weighted by Gasteiger charge is -2.06. The van der Waals surface area contributed by atoms with Gasteiger partial charge in [0, 0.05) is 29.8 Å². The first-order valence-corrected chi connectivity index (χ1v) is 7.28. The summed E-state index contributed by atoms with van der Waals surface area (Å²) in [6.45, 7) is 3.72. The van der Waals surface area contributed by atoms with Crippen LogP contribution >= 0.6 is 0 Å². The number of hydrogen-bond donors (Lipinski definition) is 1. The van der Waals surface area contributed by atoms with Crippen molar-refractivity contribution in [2.24, 2.45) is 0 Å². The Balaban J connectivity index is 1.70. The number of anilines is 1. The van der Waals surface area contributed by atoms with Gasteiger partial charge in [0.25, 0.3) is 5.91 Å². The average Bonchev–Trinajstić information content (AvgIpc) is 2.55. The lowest BCUT2D eigenvalue weighted by Crippen LogP contribution is -2.12. The zero-order valence-electron chi connectivity index (χ0n) is 13.2. The van der Waals surface area contributed by atoms with E-state index in [1.807, 2.05) is 19.9 Å². The molecule has 3 heterocycles. The number of rotatable bonds is 4. The highest BCUT2D eigenvalue weighted by Crippen LogP contribution is 2.16. The first-order chi connectivity index (χ1) is 11.6. The predicted octanol–water partition coefficient (Wildman–Crippen LogP) is 2.93.